The predicted octanol–water partition coefficient (Wildman–Crippen LogP) is 14.7. The Hall–Kier alpha value is -1.78. The number of furan rings is 1. The van der Waals surface area contributed by atoms with Crippen molar-refractivity contribution in [1.82, 2.24) is 0 Å². The van der Waals surface area contributed by atoms with Gasteiger partial charge in [-0.05, 0) is 12.8 Å². The molecule has 0 spiro atoms. The summed E-state index contributed by atoms with van der Waals surface area (Å²) in [6.07, 6.45) is 40.7. The summed E-state index contributed by atoms with van der Waals surface area (Å²) in [7, 11) is 0. The van der Waals surface area contributed by atoms with E-state index in [4.69, 9.17) is 13.9 Å². The zero-order valence-corrected chi connectivity index (χ0v) is 33.1. The first kappa shape index (κ1) is 45.2. The molecule has 0 radical (unpaired) electrons. The van der Waals surface area contributed by atoms with Crippen molar-refractivity contribution in [2.45, 2.75) is 246 Å². The second kappa shape index (κ2) is 33.4. The smallest absolute Gasteiger partial charge is 0.311 e. The van der Waals surface area contributed by atoms with Crippen molar-refractivity contribution in [3.63, 3.8) is 0 Å². The van der Waals surface area contributed by atoms with Gasteiger partial charge in [-0.25, -0.2) is 0 Å². The summed E-state index contributed by atoms with van der Waals surface area (Å²) in [6, 6.07) is 0. The summed E-state index contributed by atoms with van der Waals surface area (Å²) in [5, 5.41) is 0. The van der Waals surface area contributed by atoms with Gasteiger partial charge in [-0.15, -0.1) is 0 Å². The minimum Gasteiger partial charge on any atom is -0.458 e. The van der Waals surface area contributed by atoms with Gasteiger partial charge in [0.05, 0.1) is 0 Å². The minimum absolute atomic E-state index is 0.271. The molecular formula is C44H80O5. The van der Waals surface area contributed by atoms with Crippen LogP contribution in [0.15, 0.2) is 4.42 Å². The molecule has 0 bridgehead atoms. The molecule has 0 aliphatic heterocycles. The normalized spacial score (nSPS) is 11.3. The predicted molar refractivity (Wildman–Crippen MR) is 208 cm³/mol. The van der Waals surface area contributed by atoms with E-state index in [1.54, 1.807) is 0 Å². The SMILES string of the molecule is CCCCCCCCCCCCCCCCCC(=O)Oc1c(CC)oc(CC)c1OC(=O)CCCCCCCCCCCCCCCCC. The molecule has 0 unspecified atom stereocenters. The number of unbranched alkanes of at least 4 members (excludes halogenated alkanes) is 28. The van der Waals surface area contributed by atoms with Crippen molar-refractivity contribution in [3.05, 3.63) is 11.5 Å². The molecule has 0 aromatic carbocycles. The largest absolute Gasteiger partial charge is 0.458 e. The number of carbonyl (C=O) groups is 2. The number of esters is 2. The van der Waals surface area contributed by atoms with Crippen LogP contribution in [0, 0.1) is 0 Å². The standard InChI is InChI=1S/C44H80O5/c1-5-9-11-13-15-17-19-21-23-25-27-29-31-33-35-37-41(45)48-43-39(7-3)47-40(8-4)44(43)49-42(46)38-36-34-32-30-28-26-24-22-20-18-16-14-12-10-6-2/h5-38H2,1-4H3. The van der Waals surface area contributed by atoms with Crippen LogP contribution in [0.3, 0.4) is 0 Å². The maximum atomic E-state index is 12.8. The van der Waals surface area contributed by atoms with Gasteiger partial charge in [0.25, 0.3) is 0 Å². The Labute approximate surface area is 303 Å². The summed E-state index contributed by atoms with van der Waals surface area (Å²) >= 11 is 0. The third-order valence-electron chi connectivity index (χ3n) is 10.0. The lowest BCUT2D eigenvalue weighted by Gasteiger charge is -2.09. The molecule has 0 saturated heterocycles. The van der Waals surface area contributed by atoms with Gasteiger partial charge in [0.15, 0.2) is 11.5 Å². The van der Waals surface area contributed by atoms with E-state index in [0.717, 1.165) is 25.7 Å². The molecule has 0 aliphatic carbocycles. The molecule has 0 fully saturated rings. The molecule has 1 rings (SSSR count). The van der Waals surface area contributed by atoms with Crippen molar-refractivity contribution in [1.29, 1.82) is 0 Å². The topological polar surface area (TPSA) is 65.7 Å². The van der Waals surface area contributed by atoms with Gasteiger partial charge in [0.1, 0.15) is 0 Å². The number of hydrogen-bond donors (Lipinski definition) is 0. The van der Waals surface area contributed by atoms with E-state index in [0.29, 0.717) is 48.7 Å². The second-order valence-electron chi connectivity index (χ2n) is 14.7. The first-order chi connectivity index (χ1) is 24.1. The lowest BCUT2D eigenvalue weighted by Crippen LogP contribution is -2.12. The Balaban J connectivity index is 2.19. The lowest BCUT2D eigenvalue weighted by atomic mass is 10.0. The molecule has 1 aromatic heterocycles. The highest BCUT2D eigenvalue weighted by molar-refractivity contribution is 5.77. The molecular weight excluding hydrogens is 608 g/mol. The van der Waals surface area contributed by atoms with Crippen molar-refractivity contribution >= 4 is 11.9 Å². The van der Waals surface area contributed by atoms with Gasteiger partial charge in [-0.1, -0.05) is 207 Å². The number of ether oxygens (including phenoxy) is 2. The maximum absolute atomic E-state index is 12.8. The molecule has 1 heterocycles. The van der Waals surface area contributed by atoms with Gasteiger partial charge < -0.3 is 13.9 Å². The fourth-order valence-corrected chi connectivity index (χ4v) is 6.78. The van der Waals surface area contributed by atoms with Gasteiger partial charge >= 0.3 is 11.9 Å². The van der Waals surface area contributed by atoms with Crippen molar-refractivity contribution in [3.8, 4) is 11.5 Å². The summed E-state index contributed by atoms with van der Waals surface area (Å²) in [4.78, 5) is 25.5. The van der Waals surface area contributed by atoms with E-state index >= 15 is 0 Å². The Morgan fingerprint density at radius 3 is 0.816 bits per heavy atom. The van der Waals surface area contributed by atoms with Gasteiger partial charge in [-0.2, -0.15) is 0 Å². The van der Waals surface area contributed by atoms with Crippen LogP contribution in [0.25, 0.3) is 0 Å². The zero-order valence-electron chi connectivity index (χ0n) is 33.1. The molecule has 286 valence electrons. The van der Waals surface area contributed by atoms with Gasteiger partial charge in [0, 0.05) is 25.7 Å². The number of hydrogen-bond acceptors (Lipinski definition) is 5. The van der Waals surface area contributed by atoms with Crippen molar-refractivity contribution in [2.24, 2.45) is 0 Å². The quantitative estimate of drug-likeness (QED) is 0.0518. The monoisotopic (exact) mass is 689 g/mol. The second-order valence-corrected chi connectivity index (χ2v) is 14.7. The van der Waals surface area contributed by atoms with E-state index in [-0.39, 0.29) is 11.9 Å². The molecule has 1 aromatic rings. The van der Waals surface area contributed by atoms with E-state index in [1.165, 1.54) is 167 Å². The van der Waals surface area contributed by atoms with E-state index in [2.05, 4.69) is 13.8 Å². The average Bonchev–Trinajstić information content (AvgIpc) is 3.43. The number of aryl methyl sites for hydroxylation is 2. The van der Waals surface area contributed by atoms with Gasteiger partial charge in [0.2, 0.25) is 11.5 Å². The van der Waals surface area contributed by atoms with Crippen molar-refractivity contribution in [2.75, 3.05) is 0 Å². The highest BCUT2D eigenvalue weighted by atomic mass is 16.6. The highest BCUT2D eigenvalue weighted by Gasteiger charge is 2.25. The van der Waals surface area contributed by atoms with E-state index in [9.17, 15) is 9.59 Å². The summed E-state index contributed by atoms with van der Waals surface area (Å²) in [6.45, 7) is 8.48. The fraction of sp³-hybridized carbons (Fsp3) is 0.864. The molecule has 0 N–H and O–H groups in total. The summed E-state index contributed by atoms with van der Waals surface area (Å²) in [5.74, 6) is 1.25. The first-order valence-electron chi connectivity index (χ1n) is 21.6. The number of carbonyl (C=O) groups excluding carboxylic acids is 2. The van der Waals surface area contributed by atoms with Crippen LogP contribution in [-0.2, 0) is 22.4 Å². The Kier molecular flexibility index (Phi) is 30.8. The van der Waals surface area contributed by atoms with Crippen LogP contribution in [-0.4, -0.2) is 11.9 Å². The summed E-state index contributed by atoms with van der Waals surface area (Å²) < 4.78 is 17.5. The van der Waals surface area contributed by atoms with Crippen LogP contribution in [0.5, 0.6) is 11.5 Å². The fourth-order valence-electron chi connectivity index (χ4n) is 6.78. The Morgan fingerprint density at radius 1 is 0.367 bits per heavy atom. The zero-order chi connectivity index (χ0) is 35.6. The molecule has 5 nitrogen and oxygen atoms in total. The Morgan fingerprint density at radius 2 is 0.592 bits per heavy atom. The summed E-state index contributed by atoms with van der Waals surface area (Å²) in [5.41, 5.74) is 0. The maximum Gasteiger partial charge on any atom is 0.311 e. The first-order valence-corrected chi connectivity index (χ1v) is 21.6. The van der Waals surface area contributed by atoms with Crippen molar-refractivity contribution < 1.29 is 23.5 Å². The van der Waals surface area contributed by atoms with Crippen LogP contribution >= 0.6 is 0 Å². The Bertz CT molecular complexity index is 833. The molecule has 0 atom stereocenters. The van der Waals surface area contributed by atoms with Crippen LogP contribution in [0.4, 0.5) is 0 Å². The molecule has 5 heteroatoms. The van der Waals surface area contributed by atoms with Gasteiger partial charge in [-0.3, -0.25) is 9.59 Å². The van der Waals surface area contributed by atoms with Crippen LogP contribution in [0.2, 0.25) is 0 Å². The van der Waals surface area contributed by atoms with Crippen LogP contribution in [0.1, 0.15) is 245 Å². The third-order valence-corrected chi connectivity index (χ3v) is 10.0. The molecule has 0 aliphatic rings. The average molecular weight is 689 g/mol. The molecule has 0 saturated carbocycles. The van der Waals surface area contributed by atoms with Crippen LogP contribution < -0.4 is 9.47 Å². The minimum atomic E-state index is -0.271. The number of rotatable bonds is 36. The van der Waals surface area contributed by atoms with E-state index in [1.807, 2.05) is 13.8 Å². The van der Waals surface area contributed by atoms with E-state index < -0.39 is 0 Å². The molecule has 49 heavy (non-hydrogen) atoms. The molecule has 0 amide bonds. The lowest BCUT2D eigenvalue weighted by molar-refractivity contribution is -0.137. The highest BCUT2D eigenvalue weighted by Crippen LogP contribution is 2.39. The third kappa shape index (κ3) is 24.9.